The summed E-state index contributed by atoms with van der Waals surface area (Å²) >= 11 is 0. The molecule has 0 bridgehead atoms. The standard InChI is InChI=1S/C8H12O5S/c1-4-6-12-8(9)7(3)13-14(10,11)5-2/h1,7H,5-6H2,2-3H3. The van der Waals surface area contributed by atoms with Gasteiger partial charge in [0.1, 0.15) is 0 Å². The number of esters is 1. The molecule has 0 N–H and O–H groups in total. The van der Waals surface area contributed by atoms with Crippen LogP contribution in [0.1, 0.15) is 13.8 Å². The van der Waals surface area contributed by atoms with Crippen molar-refractivity contribution in [2.75, 3.05) is 12.4 Å². The molecule has 6 heteroatoms. The number of ether oxygens (including phenoxy) is 1. The van der Waals surface area contributed by atoms with Gasteiger partial charge in [-0.2, -0.15) is 8.42 Å². The van der Waals surface area contributed by atoms with Crippen LogP contribution in [0.15, 0.2) is 0 Å². The van der Waals surface area contributed by atoms with E-state index in [0.717, 1.165) is 0 Å². The zero-order chi connectivity index (χ0) is 11.2. The van der Waals surface area contributed by atoms with E-state index in [9.17, 15) is 13.2 Å². The van der Waals surface area contributed by atoms with Gasteiger partial charge in [0.15, 0.2) is 12.7 Å². The molecule has 0 saturated carbocycles. The Balaban J connectivity index is 4.16. The lowest BCUT2D eigenvalue weighted by Gasteiger charge is -2.10. The molecule has 0 rings (SSSR count). The van der Waals surface area contributed by atoms with E-state index >= 15 is 0 Å². The van der Waals surface area contributed by atoms with Crippen molar-refractivity contribution in [3.63, 3.8) is 0 Å². The molecule has 80 valence electrons. The average molecular weight is 220 g/mol. The van der Waals surface area contributed by atoms with Crippen molar-refractivity contribution in [2.24, 2.45) is 0 Å². The molecule has 0 aliphatic rings. The van der Waals surface area contributed by atoms with Crippen molar-refractivity contribution in [3.05, 3.63) is 0 Å². The minimum Gasteiger partial charge on any atom is -0.451 e. The quantitative estimate of drug-likeness (QED) is 0.368. The number of carbonyl (C=O) groups is 1. The van der Waals surface area contributed by atoms with Crippen LogP contribution in [0.25, 0.3) is 0 Å². The Morgan fingerprint density at radius 1 is 1.57 bits per heavy atom. The third-order valence-electron chi connectivity index (χ3n) is 1.27. The van der Waals surface area contributed by atoms with Crippen molar-refractivity contribution < 1.29 is 22.1 Å². The van der Waals surface area contributed by atoms with Crippen molar-refractivity contribution in [3.8, 4) is 12.3 Å². The molecule has 0 fully saturated rings. The van der Waals surface area contributed by atoms with E-state index in [4.69, 9.17) is 6.42 Å². The smallest absolute Gasteiger partial charge is 0.337 e. The van der Waals surface area contributed by atoms with Crippen LogP contribution in [0.4, 0.5) is 0 Å². The molecular formula is C8H12O5S. The van der Waals surface area contributed by atoms with Crippen molar-refractivity contribution >= 4 is 16.1 Å². The third kappa shape index (κ3) is 4.84. The molecule has 1 atom stereocenters. The Kier molecular flexibility index (Phi) is 5.20. The van der Waals surface area contributed by atoms with Crippen LogP contribution in [0, 0.1) is 12.3 Å². The molecule has 0 aromatic carbocycles. The highest BCUT2D eigenvalue weighted by Gasteiger charge is 2.21. The molecule has 0 saturated heterocycles. The van der Waals surface area contributed by atoms with Crippen LogP contribution < -0.4 is 0 Å². The van der Waals surface area contributed by atoms with Crippen LogP contribution in [0.2, 0.25) is 0 Å². The lowest BCUT2D eigenvalue weighted by molar-refractivity contribution is -0.149. The van der Waals surface area contributed by atoms with Gasteiger partial charge in [0, 0.05) is 0 Å². The lowest BCUT2D eigenvalue weighted by Crippen LogP contribution is -2.27. The van der Waals surface area contributed by atoms with Gasteiger partial charge in [-0.1, -0.05) is 5.92 Å². The molecule has 0 aromatic rings. The van der Waals surface area contributed by atoms with E-state index in [2.05, 4.69) is 14.8 Å². The van der Waals surface area contributed by atoms with Crippen LogP contribution in [-0.2, 0) is 23.8 Å². The zero-order valence-corrected chi connectivity index (χ0v) is 8.83. The summed E-state index contributed by atoms with van der Waals surface area (Å²) in [5.74, 6) is 1.10. The van der Waals surface area contributed by atoms with Gasteiger partial charge in [0.25, 0.3) is 10.1 Å². The van der Waals surface area contributed by atoms with Crippen LogP contribution in [0.3, 0.4) is 0 Å². The Labute approximate surface area is 83.5 Å². The molecule has 5 nitrogen and oxygen atoms in total. The molecule has 1 unspecified atom stereocenters. The highest BCUT2D eigenvalue weighted by Crippen LogP contribution is 2.01. The molecule has 0 aromatic heterocycles. The maximum Gasteiger partial charge on any atom is 0.337 e. The van der Waals surface area contributed by atoms with E-state index < -0.39 is 22.2 Å². The number of carbonyl (C=O) groups excluding carboxylic acids is 1. The Morgan fingerprint density at radius 2 is 2.14 bits per heavy atom. The molecule has 14 heavy (non-hydrogen) atoms. The van der Waals surface area contributed by atoms with E-state index in [-0.39, 0.29) is 12.4 Å². The maximum atomic E-state index is 11.0. The minimum atomic E-state index is -3.64. The van der Waals surface area contributed by atoms with Gasteiger partial charge in [-0.3, -0.25) is 4.18 Å². The van der Waals surface area contributed by atoms with Crippen LogP contribution >= 0.6 is 0 Å². The predicted octanol–water partition coefficient (Wildman–Crippen LogP) is -0.0824. The minimum absolute atomic E-state index is 0.195. The van der Waals surface area contributed by atoms with E-state index in [1.165, 1.54) is 13.8 Å². The Bertz CT molecular complexity index is 324. The highest BCUT2D eigenvalue weighted by molar-refractivity contribution is 7.86. The van der Waals surface area contributed by atoms with E-state index in [1.807, 2.05) is 0 Å². The monoisotopic (exact) mass is 220 g/mol. The summed E-state index contributed by atoms with van der Waals surface area (Å²) < 4.78 is 30.8. The van der Waals surface area contributed by atoms with Crippen molar-refractivity contribution in [1.29, 1.82) is 0 Å². The summed E-state index contributed by atoms with van der Waals surface area (Å²) in [5.41, 5.74) is 0. The molecule has 0 spiro atoms. The van der Waals surface area contributed by atoms with Gasteiger partial charge in [-0.05, 0) is 13.8 Å². The van der Waals surface area contributed by atoms with Crippen LogP contribution in [-0.4, -0.2) is 32.9 Å². The second kappa shape index (κ2) is 5.62. The van der Waals surface area contributed by atoms with Crippen LogP contribution in [0.5, 0.6) is 0 Å². The first kappa shape index (κ1) is 12.9. The molecule has 0 aliphatic carbocycles. The summed E-state index contributed by atoms with van der Waals surface area (Å²) in [4.78, 5) is 11.0. The number of rotatable bonds is 5. The average Bonchev–Trinajstić information content (AvgIpc) is 2.13. The first-order valence-corrected chi connectivity index (χ1v) is 5.51. The van der Waals surface area contributed by atoms with Gasteiger partial charge in [-0.25, -0.2) is 4.79 Å². The number of terminal acetylenes is 1. The maximum absolute atomic E-state index is 11.0. The second-order valence-electron chi connectivity index (χ2n) is 2.40. The predicted molar refractivity (Wildman–Crippen MR) is 49.8 cm³/mol. The molecule has 0 radical (unpaired) electrons. The highest BCUT2D eigenvalue weighted by atomic mass is 32.2. The molecule has 0 amide bonds. The number of hydrogen-bond donors (Lipinski definition) is 0. The van der Waals surface area contributed by atoms with Crippen molar-refractivity contribution in [1.82, 2.24) is 0 Å². The normalized spacial score (nSPS) is 12.9. The molecular weight excluding hydrogens is 208 g/mol. The fraction of sp³-hybridized carbons (Fsp3) is 0.625. The van der Waals surface area contributed by atoms with Gasteiger partial charge < -0.3 is 4.74 Å². The van der Waals surface area contributed by atoms with Gasteiger partial charge in [0.2, 0.25) is 0 Å². The Morgan fingerprint density at radius 3 is 2.57 bits per heavy atom. The topological polar surface area (TPSA) is 69.7 Å². The first-order valence-electron chi connectivity index (χ1n) is 3.94. The fourth-order valence-corrected chi connectivity index (χ4v) is 1.21. The van der Waals surface area contributed by atoms with E-state index in [0.29, 0.717) is 0 Å². The summed E-state index contributed by atoms with van der Waals surface area (Å²) in [6, 6.07) is 0. The Hall–Kier alpha value is -1.06. The summed E-state index contributed by atoms with van der Waals surface area (Å²) in [5, 5.41) is 0. The largest absolute Gasteiger partial charge is 0.451 e. The lowest BCUT2D eigenvalue weighted by atomic mass is 10.4. The van der Waals surface area contributed by atoms with Gasteiger partial charge in [0.05, 0.1) is 5.75 Å². The van der Waals surface area contributed by atoms with E-state index in [1.54, 1.807) is 0 Å². The first-order chi connectivity index (χ1) is 6.43. The van der Waals surface area contributed by atoms with Crippen molar-refractivity contribution in [2.45, 2.75) is 20.0 Å². The fourth-order valence-electron chi connectivity index (χ4n) is 0.557. The number of hydrogen-bond acceptors (Lipinski definition) is 5. The second-order valence-corrected chi connectivity index (χ2v) is 4.28. The summed E-state index contributed by atoms with van der Waals surface area (Å²) in [7, 11) is -3.64. The zero-order valence-electron chi connectivity index (χ0n) is 8.02. The summed E-state index contributed by atoms with van der Waals surface area (Å²) in [6.45, 7) is 2.50. The van der Waals surface area contributed by atoms with Gasteiger partial charge in [-0.15, -0.1) is 6.42 Å². The SMILES string of the molecule is C#CCOC(=O)C(C)OS(=O)(=O)CC. The van der Waals surface area contributed by atoms with Gasteiger partial charge >= 0.3 is 5.97 Å². The third-order valence-corrected chi connectivity index (χ3v) is 2.56. The molecule has 0 heterocycles. The molecule has 0 aliphatic heterocycles. The summed E-state index contributed by atoms with van der Waals surface area (Å²) in [6.07, 6.45) is 3.69.